The number of fused-ring (bicyclic) bond motifs is 1. The van der Waals surface area contributed by atoms with Gasteiger partial charge in [-0.15, -0.1) is 0 Å². The Morgan fingerprint density at radius 1 is 1.09 bits per heavy atom. The van der Waals surface area contributed by atoms with Gasteiger partial charge in [0.05, 0.1) is 22.9 Å². The average Bonchev–Trinajstić information content (AvgIpc) is 3.92. The normalized spacial score (nSPS) is 20.4. The average molecular weight is 591 g/mol. The van der Waals surface area contributed by atoms with Crippen molar-refractivity contribution in [2.45, 2.75) is 56.2 Å². The Bertz CT molecular complexity index is 1750. The third-order valence-electron chi connectivity index (χ3n) is 7.48. The summed E-state index contributed by atoms with van der Waals surface area (Å²) in [5, 5.41) is 12.8. The fourth-order valence-corrected chi connectivity index (χ4v) is 4.77. The second-order valence-corrected chi connectivity index (χ2v) is 10.8. The van der Waals surface area contributed by atoms with Crippen LogP contribution in [-0.2, 0) is 6.54 Å². The smallest absolute Gasteiger partial charge is 0.354 e. The predicted molar refractivity (Wildman–Crippen MR) is 153 cm³/mol. The van der Waals surface area contributed by atoms with Crippen LogP contribution < -0.4 is 16.0 Å². The van der Waals surface area contributed by atoms with Gasteiger partial charge in [-0.1, -0.05) is 12.1 Å². The molecule has 0 saturated heterocycles. The highest BCUT2D eigenvalue weighted by Crippen LogP contribution is 2.51. The molecule has 1 aliphatic heterocycles. The predicted octanol–water partition coefficient (Wildman–Crippen LogP) is 5.12. The van der Waals surface area contributed by atoms with Crippen LogP contribution in [0, 0.1) is 0 Å². The number of nitrogens with one attached hydrogen (secondary N) is 3. The van der Waals surface area contributed by atoms with Gasteiger partial charge in [0.25, 0.3) is 0 Å². The van der Waals surface area contributed by atoms with Gasteiger partial charge < -0.3 is 16.0 Å². The van der Waals surface area contributed by atoms with E-state index in [9.17, 15) is 13.2 Å². The van der Waals surface area contributed by atoms with Crippen molar-refractivity contribution in [1.29, 1.82) is 0 Å². The molecule has 3 aliphatic rings. The number of amidine groups is 1. The first-order valence-electron chi connectivity index (χ1n) is 13.8. The Balaban J connectivity index is 1.21. The van der Waals surface area contributed by atoms with E-state index in [0.29, 0.717) is 23.3 Å². The molecule has 1 unspecified atom stereocenters. The lowest BCUT2D eigenvalue weighted by Crippen LogP contribution is -2.39. The molecule has 2 saturated carbocycles. The monoisotopic (exact) mass is 590 g/mol. The standard InChI is InChI=1S/C29H26F4N10/c30-21-13-18(8-11-35-25(21)38-19-4-5-19)22-6-7-23-24(39-22)26(42-28(9-10-28)29(31,32)33)41-27(40-23)36-14-17-2-1-3-20(12-17)43-16-34-15-37-43/h1-3,6-8,11-13,15-16,19,21H,4-5,9-10,14H2,(H,35,38)(H2,36,40,41,42). The summed E-state index contributed by atoms with van der Waals surface area (Å²) < 4.78 is 58.6. The van der Waals surface area contributed by atoms with Crippen molar-refractivity contribution in [1.82, 2.24) is 35.0 Å². The molecule has 0 amide bonds. The number of rotatable bonds is 8. The highest BCUT2D eigenvalue weighted by Gasteiger charge is 2.64. The van der Waals surface area contributed by atoms with Crippen molar-refractivity contribution < 1.29 is 17.6 Å². The third-order valence-corrected chi connectivity index (χ3v) is 7.48. The van der Waals surface area contributed by atoms with Crippen LogP contribution in [0.4, 0.5) is 29.3 Å². The number of aromatic nitrogens is 6. The topological polar surface area (TPSA) is 118 Å². The quantitative estimate of drug-likeness (QED) is 0.242. The number of halogens is 4. The van der Waals surface area contributed by atoms with E-state index in [-0.39, 0.29) is 42.0 Å². The van der Waals surface area contributed by atoms with Crippen LogP contribution in [0.3, 0.4) is 0 Å². The first kappa shape index (κ1) is 27.0. The van der Waals surface area contributed by atoms with Crippen LogP contribution in [-0.4, -0.2) is 59.5 Å². The van der Waals surface area contributed by atoms with E-state index in [1.807, 2.05) is 24.3 Å². The van der Waals surface area contributed by atoms with Gasteiger partial charge in [-0.05, 0) is 67.7 Å². The molecule has 2 aliphatic carbocycles. The van der Waals surface area contributed by atoms with Crippen molar-refractivity contribution in [3.63, 3.8) is 0 Å². The lowest BCUT2D eigenvalue weighted by atomic mass is 10.1. The van der Waals surface area contributed by atoms with Crippen LogP contribution in [0.15, 0.2) is 72.4 Å². The number of hydrogen-bond donors (Lipinski definition) is 3. The van der Waals surface area contributed by atoms with Gasteiger partial charge in [0.15, 0.2) is 12.0 Å². The maximum Gasteiger partial charge on any atom is 0.411 e. The van der Waals surface area contributed by atoms with Crippen molar-refractivity contribution >= 4 is 34.2 Å². The number of anilines is 2. The van der Waals surface area contributed by atoms with Gasteiger partial charge in [0, 0.05) is 18.3 Å². The van der Waals surface area contributed by atoms with E-state index in [2.05, 4.69) is 46.0 Å². The van der Waals surface area contributed by atoms with Crippen LogP contribution in [0.2, 0.25) is 0 Å². The molecule has 10 nitrogen and oxygen atoms in total. The fourth-order valence-electron chi connectivity index (χ4n) is 4.77. The molecule has 3 aromatic heterocycles. The minimum absolute atomic E-state index is 0.0512. The number of benzene rings is 1. The summed E-state index contributed by atoms with van der Waals surface area (Å²) in [7, 11) is 0. The van der Waals surface area contributed by atoms with E-state index < -0.39 is 17.9 Å². The van der Waals surface area contributed by atoms with Crippen molar-refractivity contribution in [3.05, 3.63) is 78.7 Å². The van der Waals surface area contributed by atoms with Gasteiger partial charge >= 0.3 is 6.18 Å². The highest BCUT2D eigenvalue weighted by molar-refractivity contribution is 5.94. The first-order valence-corrected chi connectivity index (χ1v) is 13.8. The molecule has 2 fully saturated rings. The van der Waals surface area contributed by atoms with Crippen molar-refractivity contribution in [2.24, 2.45) is 4.99 Å². The second kappa shape index (κ2) is 10.4. The lowest BCUT2D eigenvalue weighted by molar-refractivity contribution is -0.151. The summed E-state index contributed by atoms with van der Waals surface area (Å²) in [5.41, 5.74) is 0.909. The second-order valence-electron chi connectivity index (χ2n) is 10.8. The van der Waals surface area contributed by atoms with Crippen LogP contribution in [0.1, 0.15) is 36.9 Å². The largest absolute Gasteiger partial charge is 0.411 e. The third kappa shape index (κ3) is 5.64. The molecule has 7 rings (SSSR count). The molecule has 3 N–H and O–H groups in total. The Kier molecular flexibility index (Phi) is 6.55. The maximum atomic E-state index is 15.1. The molecule has 43 heavy (non-hydrogen) atoms. The number of alkyl halides is 4. The number of aliphatic imine (C=N–C) groups is 1. The summed E-state index contributed by atoms with van der Waals surface area (Å²) in [4.78, 5) is 21.9. The summed E-state index contributed by atoms with van der Waals surface area (Å²) in [6, 6.07) is 11.0. The SMILES string of the molecule is FC1C=C(c2ccc3nc(NCc4cccc(-n5cncn5)c4)nc(NC4(C(F)(F)F)CC4)c3n2)C=CNC1=NC1CC1. The molecule has 4 aromatic rings. The summed E-state index contributed by atoms with van der Waals surface area (Å²) in [6.07, 6.45) is 3.41. The van der Waals surface area contributed by atoms with E-state index in [1.165, 1.54) is 12.4 Å². The molecule has 220 valence electrons. The Hall–Kier alpha value is -4.88. The van der Waals surface area contributed by atoms with E-state index in [0.717, 1.165) is 24.1 Å². The zero-order valence-corrected chi connectivity index (χ0v) is 22.7. The van der Waals surface area contributed by atoms with Gasteiger partial charge in [-0.2, -0.15) is 23.3 Å². The molecule has 14 heteroatoms. The van der Waals surface area contributed by atoms with E-state index in [4.69, 9.17) is 0 Å². The van der Waals surface area contributed by atoms with Crippen LogP contribution >= 0.6 is 0 Å². The maximum absolute atomic E-state index is 15.1. The molecule has 1 atom stereocenters. The molecule has 0 spiro atoms. The lowest BCUT2D eigenvalue weighted by Gasteiger charge is -2.22. The minimum Gasteiger partial charge on any atom is -0.354 e. The van der Waals surface area contributed by atoms with Gasteiger partial charge in [0.1, 0.15) is 29.5 Å². The van der Waals surface area contributed by atoms with Gasteiger partial charge in [0.2, 0.25) is 5.95 Å². The van der Waals surface area contributed by atoms with Gasteiger partial charge in [-0.3, -0.25) is 4.99 Å². The zero-order valence-electron chi connectivity index (χ0n) is 22.7. The van der Waals surface area contributed by atoms with Crippen LogP contribution in [0.25, 0.3) is 22.3 Å². The Morgan fingerprint density at radius 2 is 1.95 bits per heavy atom. The molecule has 1 aromatic carbocycles. The molecule has 0 bridgehead atoms. The molecule has 4 heterocycles. The first-order chi connectivity index (χ1) is 20.8. The van der Waals surface area contributed by atoms with E-state index in [1.54, 1.807) is 35.4 Å². The summed E-state index contributed by atoms with van der Waals surface area (Å²) >= 11 is 0. The molecule has 0 radical (unpaired) electrons. The Morgan fingerprint density at radius 3 is 2.70 bits per heavy atom. The van der Waals surface area contributed by atoms with Gasteiger partial charge in [-0.25, -0.2) is 24.0 Å². The summed E-state index contributed by atoms with van der Waals surface area (Å²) in [5.74, 6) is 0.310. The number of allylic oxidation sites excluding steroid dienone is 2. The highest BCUT2D eigenvalue weighted by atomic mass is 19.4. The zero-order chi connectivity index (χ0) is 29.6. The molecular formula is C29H26F4N10. The number of pyridine rings is 1. The minimum atomic E-state index is -4.48. The fraction of sp³-hybridized carbons (Fsp3) is 0.310. The van der Waals surface area contributed by atoms with Crippen LogP contribution in [0.5, 0.6) is 0 Å². The van der Waals surface area contributed by atoms with Crippen molar-refractivity contribution in [2.75, 3.05) is 10.6 Å². The Labute approximate surface area is 243 Å². The summed E-state index contributed by atoms with van der Waals surface area (Å²) in [6.45, 7) is 0.302. The number of hydrogen-bond acceptors (Lipinski definition) is 8. The number of nitrogens with zero attached hydrogens (tertiary/aromatic N) is 7. The van der Waals surface area contributed by atoms with Crippen molar-refractivity contribution in [3.8, 4) is 5.69 Å². The molecular weight excluding hydrogens is 564 g/mol. The van der Waals surface area contributed by atoms with E-state index >= 15 is 4.39 Å².